The molecular formula is C24H26N2O4S2. The summed E-state index contributed by atoms with van der Waals surface area (Å²) < 4.78 is 31.1. The molecule has 1 N–H and O–H groups in total. The topological polar surface area (TPSA) is 75.7 Å². The minimum absolute atomic E-state index is 0.393. The van der Waals surface area contributed by atoms with Crippen molar-refractivity contribution < 1.29 is 17.9 Å². The van der Waals surface area contributed by atoms with E-state index in [-0.39, 0.29) is 0 Å². The molecule has 0 bridgehead atoms. The van der Waals surface area contributed by atoms with Gasteiger partial charge >= 0.3 is 0 Å². The van der Waals surface area contributed by atoms with Crippen molar-refractivity contribution in [2.45, 2.75) is 23.6 Å². The Morgan fingerprint density at radius 3 is 2.19 bits per heavy atom. The van der Waals surface area contributed by atoms with Gasteiger partial charge in [0, 0.05) is 16.3 Å². The average molecular weight is 471 g/mol. The Labute approximate surface area is 193 Å². The molecule has 0 aromatic heterocycles. The molecule has 0 aliphatic carbocycles. The Morgan fingerprint density at radius 2 is 1.62 bits per heavy atom. The number of carbonyl (C=O) groups excluding carboxylic acids is 1. The summed E-state index contributed by atoms with van der Waals surface area (Å²) in [6, 6.07) is 23.3. The molecule has 0 fully saturated rings. The highest BCUT2D eigenvalue weighted by Crippen LogP contribution is 2.25. The van der Waals surface area contributed by atoms with Gasteiger partial charge in [-0.25, -0.2) is 8.42 Å². The van der Waals surface area contributed by atoms with Gasteiger partial charge in [0.15, 0.2) is 0 Å². The smallest absolute Gasteiger partial charge is 0.247 e. The largest absolute Gasteiger partial charge is 0.497 e. The van der Waals surface area contributed by atoms with E-state index in [1.54, 1.807) is 43.0 Å². The molecule has 3 aromatic carbocycles. The van der Waals surface area contributed by atoms with E-state index in [1.807, 2.05) is 42.5 Å². The average Bonchev–Trinajstić information content (AvgIpc) is 2.79. The summed E-state index contributed by atoms with van der Waals surface area (Å²) in [5.41, 5.74) is 2.13. The molecule has 0 radical (unpaired) electrons. The maximum Gasteiger partial charge on any atom is 0.247 e. The lowest BCUT2D eigenvalue weighted by Crippen LogP contribution is -2.45. The first-order chi connectivity index (χ1) is 15.3. The van der Waals surface area contributed by atoms with Crippen LogP contribution < -0.4 is 14.4 Å². The second-order valence-corrected chi connectivity index (χ2v) is 10.1. The number of nitrogens with zero attached hydrogens (tertiary/aromatic N) is 1. The van der Waals surface area contributed by atoms with Crippen LogP contribution in [0, 0.1) is 0 Å². The predicted octanol–water partition coefficient (Wildman–Crippen LogP) is 4.78. The number of anilines is 2. The zero-order valence-corrected chi connectivity index (χ0v) is 19.8. The minimum atomic E-state index is -3.69. The summed E-state index contributed by atoms with van der Waals surface area (Å²) in [5.74, 6) is 0.996. The molecule has 32 heavy (non-hydrogen) atoms. The van der Waals surface area contributed by atoms with Crippen LogP contribution >= 0.6 is 11.8 Å². The van der Waals surface area contributed by atoms with Gasteiger partial charge in [0.1, 0.15) is 11.8 Å². The Bertz CT molecular complexity index is 1130. The third kappa shape index (κ3) is 6.27. The lowest BCUT2D eigenvalue weighted by Gasteiger charge is -2.28. The van der Waals surface area contributed by atoms with Gasteiger partial charge in [-0.1, -0.05) is 30.3 Å². The second kappa shape index (κ2) is 10.6. The number of hydrogen-bond donors (Lipinski definition) is 1. The molecule has 8 heteroatoms. The van der Waals surface area contributed by atoms with Gasteiger partial charge in [-0.05, 0) is 61.0 Å². The fraction of sp³-hybridized carbons (Fsp3) is 0.208. The molecule has 1 amide bonds. The predicted molar refractivity (Wildman–Crippen MR) is 131 cm³/mol. The van der Waals surface area contributed by atoms with Crippen molar-refractivity contribution in [2.24, 2.45) is 0 Å². The fourth-order valence-corrected chi connectivity index (χ4v) is 5.20. The third-order valence-corrected chi connectivity index (χ3v) is 7.11. The molecule has 3 aromatic rings. The van der Waals surface area contributed by atoms with Crippen molar-refractivity contribution in [3.05, 3.63) is 84.4 Å². The normalized spacial score (nSPS) is 12.1. The highest BCUT2D eigenvalue weighted by atomic mass is 32.2. The maximum absolute atomic E-state index is 12.8. The van der Waals surface area contributed by atoms with E-state index in [9.17, 15) is 13.2 Å². The highest BCUT2D eigenvalue weighted by Gasteiger charge is 2.29. The number of nitrogens with one attached hydrogen (secondary N) is 1. The summed E-state index contributed by atoms with van der Waals surface area (Å²) >= 11 is 1.74. The maximum atomic E-state index is 12.8. The van der Waals surface area contributed by atoms with Crippen LogP contribution in [0.5, 0.6) is 5.75 Å². The van der Waals surface area contributed by atoms with Crippen LogP contribution in [0.4, 0.5) is 11.4 Å². The van der Waals surface area contributed by atoms with Gasteiger partial charge in [0.2, 0.25) is 15.9 Å². The zero-order valence-electron chi connectivity index (χ0n) is 18.2. The van der Waals surface area contributed by atoms with E-state index >= 15 is 0 Å². The van der Waals surface area contributed by atoms with E-state index in [0.29, 0.717) is 17.1 Å². The zero-order chi connectivity index (χ0) is 23.1. The standard InChI is InChI=1S/C24H26N2O4S2/c1-18(26(32(3,28)29)21-13-15-22(30-2)16-14-21)24(27)25-20-11-9-19(10-12-20)17-31-23-7-5-4-6-8-23/h4-16,18H,17H2,1-3H3,(H,25,27)/t18-/m0/s1. The monoisotopic (exact) mass is 470 g/mol. The molecule has 0 spiro atoms. The lowest BCUT2D eigenvalue weighted by atomic mass is 10.2. The molecule has 0 heterocycles. The van der Waals surface area contributed by atoms with Crippen LogP contribution in [0.25, 0.3) is 0 Å². The van der Waals surface area contributed by atoms with Crippen molar-refractivity contribution in [3.8, 4) is 5.75 Å². The van der Waals surface area contributed by atoms with Gasteiger partial charge in [-0.3, -0.25) is 9.10 Å². The van der Waals surface area contributed by atoms with Crippen LogP contribution in [-0.4, -0.2) is 33.7 Å². The van der Waals surface area contributed by atoms with Crippen molar-refractivity contribution in [2.75, 3.05) is 23.0 Å². The van der Waals surface area contributed by atoms with Gasteiger partial charge in [0.25, 0.3) is 0 Å². The van der Waals surface area contributed by atoms with Crippen molar-refractivity contribution >= 4 is 39.1 Å². The first-order valence-electron chi connectivity index (χ1n) is 9.99. The van der Waals surface area contributed by atoms with E-state index < -0.39 is 22.0 Å². The van der Waals surface area contributed by atoms with Crippen molar-refractivity contribution in [3.63, 3.8) is 0 Å². The lowest BCUT2D eigenvalue weighted by molar-refractivity contribution is -0.116. The Morgan fingerprint density at radius 1 is 1.00 bits per heavy atom. The number of sulfonamides is 1. The SMILES string of the molecule is COc1ccc(N([C@@H](C)C(=O)Nc2ccc(CSc3ccccc3)cc2)S(C)(=O)=O)cc1. The third-order valence-electron chi connectivity index (χ3n) is 4.79. The number of benzene rings is 3. The first kappa shape index (κ1) is 23.7. The van der Waals surface area contributed by atoms with Crippen LogP contribution in [0.3, 0.4) is 0 Å². The van der Waals surface area contributed by atoms with Gasteiger partial charge in [-0.15, -0.1) is 11.8 Å². The van der Waals surface area contributed by atoms with Gasteiger partial charge in [0.05, 0.1) is 19.1 Å². The van der Waals surface area contributed by atoms with Crippen LogP contribution in [-0.2, 0) is 20.6 Å². The Balaban J connectivity index is 1.67. The summed E-state index contributed by atoms with van der Waals surface area (Å²) in [5, 5.41) is 2.81. The molecule has 6 nitrogen and oxygen atoms in total. The Kier molecular flexibility index (Phi) is 7.82. The summed E-state index contributed by atoms with van der Waals surface area (Å²) in [7, 11) is -2.15. The second-order valence-electron chi connectivity index (χ2n) is 7.22. The summed E-state index contributed by atoms with van der Waals surface area (Å²) in [6.45, 7) is 1.56. The van der Waals surface area contributed by atoms with E-state index in [0.717, 1.165) is 21.9 Å². The fourth-order valence-electron chi connectivity index (χ4n) is 3.15. The van der Waals surface area contributed by atoms with Crippen LogP contribution in [0.1, 0.15) is 12.5 Å². The van der Waals surface area contributed by atoms with Crippen molar-refractivity contribution in [1.82, 2.24) is 0 Å². The number of methoxy groups -OCH3 is 1. The summed E-state index contributed by atoms with van der Waals surface area (Å²) in [6.07, 6.45) is 1.08. The molecule has 0 aliphatic heterocycles. The molecule has 0 saturated heterocycles. The highest BCUT2D eigenvalue weighted by molar-refractivity contribution is 7.98. The summed E-state index contributed by atoms with van der Waals surface area (Å²) in [4.78, 5) is 14.0. The van der Waals surface area contributed by atoms with Gasteiger partial charge in [-0.2, -0.15) is 0 Å². The number of thioether (sulfide) groups is 1. The molecule has 3 rings (SSSR count). The molecule has 0 saturated carbocycles. The number of carbonyl (C=O) groups is 1. The van der Waals surface area contributed by atoms with E-state index in [1.165, 1.54) is 12.0 Å². The van der Waals surface area contributed by atoms with Crippen LogP contribution in [0.15, 0.2) is 83.8 Å². The first-order valence-corrected chi connectivity index (χ1v) is 12.8. The van der Waals surface area contributed by atoms with Crippen LogP contribution in [0.2, 0.25) is 0 Å². The van der Waals surface area contributed by atoms with E-state index in [2.05, 4.69) is 17.4 Å². The van der Waals surface area contributed by atoms with Gasteiger partial charge < -0.3 is 10.1 Å². The quantitative estimate of drug-likeness (QED) is 0.456. The minimum Gasteiger partial charge on any atom is -0.497 e. The Hall–Kier alpha value is -2.97. The number of ether oxygens (including phenoxy) is 1. The number of rotatable bonds is 9. The molecule has 1 atom stereocenters. The molecular weight excluding hydrogens is 444 g/mol. The van der Waals surface area contributed by atoms with Crippen molar-refractivity contribution in [1.29, 1.82) is 0 Å². The number of hydrogen-bond acceptors (Lipinski definition) is 5. The molecule has 168 valence electrons. The molecule has 0 aliphatic rings. The number of amides is 1. The van der Waals surface area contributed by atoms with E-state index in [4.69, 9.17) is 4.74 Å². The molecule has 0 unspecified atom stereocenters.